The van der Waals surface area contributed by atoms with Gasteiger partial charge in [-0.05, 0) is 43.9 Å². The van der Waals surface area contributed by atoms with Gasteiger partial charge in [0.25, 0.3) is 0 Å². The number of nitrogens with two attached hydrogens (primary N) is 1. The van der Waals surface area contributed by atoms with Crippen LogP contribution in [0.2, 0.25) is 0 Å². The van der Waals surface area contributed by atoms with Crippen molar-refractivity contribution in [2.75, 3.05) is 0 Å². The topological polar surface area (TPSA) is 26.0 Å². The van der Waals surface area contributed by atoms with Gasteiger partial charge in [0.2, 0.25) is 0 Å². The molecule has 0 saturated heterocycles. The van der Waals surface area contributed by atoms with Crippen LogP contribution in [0.3, 0.4) is 0 Å². The van der Waals surface area contributed by atoms with Gasteiger partial charge >= 0.3 is 0 Å². The van der Waals surface area contributed by atoms with Crippen molar-refractivity contribution in [1.82, 2.24) is 0 Å². The second-order valence-corrected chi connectivity index (χ2v) is 5.23. The smallest absolute Gasteiger partial charge is 0.0114 e. The summed E-state index contributed by atoms with van der Waals surface area (Å²) < 4.78 is 0. The number of hydrogen-bond donors (Lipinski definition) is 1. The maximum atomic E-state index is 5.81. The molecule has 0 radical (unpaired) electrons. The normalized spacial score (nSPS) is 40.4. The summed E-state index contributed by atoms with van der Waals surface area (Å²) in [7, 11) is 0. The molecule has 13 heavy (non-hydrogen) atoms. The molecule has 2 unspecified atom stereocenters. The fourth-order valence-electron chi connectivity index (χ4n) is 2.93. The largest absolute Gasteiger partial charge is 0.327 e. The molecule has 2 fully saturated rings. The fraction of sp³-hybridized carbons (Fsp3) is 0.833. The van der Waals surface area contributed by atoms with Crippen molar-refractivity contribution in [2.45, 2.75) is 52.0 Å². The molecule has 2 aliphatic carbocycles. The van der Waals surface area contributed by atoms with E-state index in [-0.39, 0.29) is 0 Å². The second-order valence-electron chi connectivity index (χ2n) is 5.23. The third kappa shape index (κ3) is 1.96. The first-order valence-corrected chi connectivity index (χ1v) is 5.60. The molecule has 0 aromatic heterocycles. The molecule has 2 rings (SSSR count). The zero-order valence-electron chi connectivity index (χ0n) is 8.84. The number of rotatable bonds is 0. The van der Waals surface area contributed by atoms with Gasteiger partial charge in [-0.1, -0.05) is 25.0 Å². The molecule has 0 aromatic carbocycles. The molecule has 0 heterocycles. The average molecular weight is 179 g/mol. The van der Waals surface area contributed by atoms with Crippen molar-refractivity contribution in [3.63, 3.8) is 0 Å². The lowest BCUT2D eigenvalue weighted by Gasteiger charge is -2.34. The third-order valence-corrected chi connectivity index (χ3v) is 3.51. The Labute approximate surface area is 81.4 Å². The van der Waals surface area contributed by atoms with Gasteiger partial charge in [0.1, 0.15) is 0 Å². The molecule has 74 valence electrons. The van der Waals surface area contributed by atoms with Crippen molar-refractivity contribution in [3.05, 3.63) is 11.1 Å². The van der Waals surface area contributed by atoms with Crippen LogP contribution in [0, 0.1) is 11.8 Å². The first-order chi connectivity index (χ1) is 6.15. The molecule has 2 aliphatic rings. The summed E-state index contributed by atoms with van der Waals surface area (Å²) in [6, 6.07) is 0.482. The van der Waals surface area contributed by atoms with Gasteiger partial charge < -0.3 is 5.73 Å². The quantitative estimate of drug-likeness (QED) is 0.568. The monoisotopic (exact) mass is 179 g/mol. The van der Waals surface area contributed by atoms with Crippen LogP contribution in [0.4, 0.5) is 0 Å². The van der Waals surface area contributed by atoms with Crippen LogP contribution in [0.1, 0.15) is 46.0 Å². The summed E-state index contributed by atoms with van der Waals surface area (Å²) in [4.78, 5) is 0. The molecule has 1 heteroatoms. The SMILES string of the molecule is CC1CC(=C2CC(N)C2)CC(C)C1. The lowest BCUT2D eigenvalue weighted by Crippen LogP contribution is -2.32. The summed E-state index contributed by atoms with van der Waals surface area (Å²) in [5.41, 5.74) is 9.27. The minimum atomic E-state index is 0.482. The molecular weight excluding hydrogens is 158 g/mol. The first-order valence-electron chi connectivity index (χ1n) is 5.60. The van der Waals surface area contributed by atoms with E-state index < -0.39 is 0 Å². The summed E-state index contributed by atoms with van der Waals surface area (Å²) in [5.74, 6) is 1.81. The first kappa shape index (κ1) is 9.26. The molecule has 0 spiro atoms. The van der Waals surface area contributed by atoms with E-state index in [1.165, 1.54) is 32.1 Å². The van der Waals surface area contributed by atoms with Gasteiger partial charge in [-0.25, -0.2) is 0 Å². The second kappa shape index (κ2) is 3.45. The third-order valence-electron chi connectivity index (χ3n) is 3.51. The van der Waals surface area contributed by atoms with E-state index in [0.717, 1.165) is 11.8 Å². The zero-order chi connectivity index (χ0) is 9.42. The van der Waals surface area contributed by atoms with Crippen molar-refractivity contribution in [3.8, 4) is 0 Å². The van der Waals surface area contributed by atoms with Gasteiger partial charge in [-0.3, -0.25) is 0 Å². The molecule has 0 aliphatic heterocycles. The molecule has 2 atom stereocenters. The molecule has 1 nitrogen and oxygen atoms in total. The number of hydrogen-bond acceptors (Lipinski definition) is 1. The van der Waals surface area contributed by atoms with Crippen LogP contribution in [-0.4, -0.2) is 6.04 Å². The summed E-state index contributed by atoms with van der Waals surface area (Å²) >= 11 is 0. The lowest BCUT2D eigenvalue weighted by molar-refractivity contribution is 0.348. The van der Waals surface area contributed by atoms with E-state index in [2.05, 4.69) is 13.8 Å². The predicted octanol–water partition coefficient (Wildman–Crippen LogP) is 2.86. The highest BCUT2D eigenvalue weighted by Crippen LogP contribution is 2.39. The fourth-order valence-corrected chi connectivity index (χ4v) is 2.93. The average Bonchev–Trinajstić information content (AvgIpc) is 1.96. The Morgan fingerprint density at radius 2 is 1.38 bits per heavy atom. The lowest BCUT2D eigenvalue weighted by atomic mass is 9.73. The number of allylic oxidation sites excluding steroid dienone is 1. The standard InChI is InChI=1S/C12H21N/c1-8-3-9(2)5-10(4-8)11-6-12(13)7-11/h8-9,12H,3-7,13H2,1-2H3. The van der Waals surface area contributed by atoms with E-state index in [0.29, 0.717) is 6.04 Å². The minimum absolute atomic E-state index is 0.482. The van der Waals surface area contributed by atoms with Gasteiger partial charge in [0, 0.05) is 6.04 Å². The van der Waals surface area contributed by atoms with Crippen LogP contribution in [-0.2, 0) is 0 Å². The summed E-state index contributed by atoms with van der Waals surface area (Å²) in [5, 5.41) is 0. The van der Waals surface area contributed by atoms with Crippen molar-refractivity contribution in [1.29, 1.82) is 0 Å². The van der Waals surface area contributed by atoms with Crippen LogP contribution in [0.5, 0.6) is 0 Å². The molecule has 2 N–H and O–H groups in total. The van der Waals surface area contributed by atoms with Crippen molar-refractivity contribution in [2.24, 2.45) is 17.6 Å². The highest BCUT2D eigenvalue weighted by atomic mass is 14.7. The molecule has 0 bridgehead atoms. The van der Waals surface area contributed by atoms with E-state index in [1.807, 2.05) is 0 Å². The molecule has 0 amide bonds. The van der Waals surface area contributed by atoms with Crippen LogP contribution in [0.25, 0.3) is 0 Å². The maximum absolute atomic E-state index is 5.81. The Kier molecular flexibility index (Phi) is 2.46. The maximum Gasteiger partial charge on any atom is 0.0114 e. The molecule has 2 saturated carbocycles. The van der Waals surface area contributed by atoms with Crippen LogP contribution >= 0.6 is 0 Å². The van der Waals surface area contributed by atoms with E-state index in [9.17, 15) is 0 Å². The van der Waals surface area contributed by atoms with Gasteiger partial charge in [0.05, 0.1) is 0 Å². The van der Waals surface area contributed by atoms with Crippen LogP contribution < -0.4 is 5.73 Å². The van der Waals surface area contributed by atoms with Crippen molar-refractivity contribution >= 4 is 0 Å². The Bertz CT molecular complexity index is 209. The van der Waals surface area contributed by atoms with Crippen molar-refractivity contribution < 1.29 is 0 Å². The van der Waals surface area contributed by atoms with E-state index >= 15 is 0 Å². The Balaban J connectivity index is 2.03. The van der Waals surface area contributed by atoms with Gasteiger partial charge in [-0.2, -0.15) is 0 Å². The van der Waals surface area contributed by atoms with E-state index in [1.54, 1.807) is 11.1 Å². The molecule has 0 aromatic rings. The summed E-state index contributed by atoms with van der Waals surface area (Å²) in [6.45, 7) is 4.77. The zero-order valence-corrected chi connectivity index (χ0v) is 8.84. The predicted molar refractivity (Wildman–Crippen MR) is 56.4 cm³/mol. The van der Waals surface area contributed by atoms with E-state index in [4.69, 9.17) is 5.73 Å². The minimum Gasteiger partial charge on any atom is -0.327 e. The Morgan fingerprint density at radius 3 is 1.85 bits per heavy atom. The summed E-state index contributed by atoms with van der Waals surface area (Å²) in [6.07, 6.45) is 6.51. The van der Waals surface area contributed by atoms with Crippen LogP contribution in [0.15, 0.2) is 11.1 Å². The highest BCUT2D eigenvalue weighted by molar-refractivity contribution is 5.25. The van der Waals surface area contributed by atoms with Gasteiger partial charge in [0.15, 0.2) is 0 Å². The molecular formula is C12H21N. The Morgan fingerprint density at radius 1 is 0.923 bits per heavy atom. The Hall–Kier alpha value is -0.300. The van der Waals surface area contributed by atoms with Gasteiger partial charge in [-0.15, -0.1) is 0 Å². The highest BCUT2D eigenvalue weighted by Gasteiger charge is 2.26.